The molecule has 0 rings (SSSR count). The number of rotatable bonds is 4. The van der Waals surface area contributed by atoms with Crippen LogP contribution in [0.4, 0.5) is 0 Å². The van der Waals surface area contributed by atoms with Crippen LogP contribution in [0.15, 0.2) is 0 Å². The molecule has 0 bridgehead atoms. The van der Waals surface area contributed by atoms with Crippen molar-refractivity contribution >= 4 is 11.9 Å². The van der Waals surface area contributed by atoms with Gasteiger partial charge >= 0.3 is 11.9 Å². The molecule has 0 radical (unpaired) electrons. The van der Waals surface area contributed by atoms with Crippen LogP contribution in [-0.4, -0.2) is 35.4 Å². The molecule has 0 aromatic rings. The summed E-state index contributed by atoms with van der Waals surface area (Å²) in [6, 6.07) is 0. The van der Waals surface area contributed by atoms with Gasteiger partial charge < -0.3 is 14.9 Å². The molecule has 0 aromatic heterocycles. The average Bonchev–Trinajstić information content (AvgIpc) is 1.88. The molecular formula is C6H10O5. The summed E-state index contributed by atoms with van der Waals surface area (Å²) < 4.78 is 4.45. The molecule has 0 spiro atoms. The van der Waals surface area contributed by atoms with E-state index in [4.69, 9.17) is 10.2 Å². The topological polar surface area (TPSA) is 83.8 Å². The quantitative estimate of drug-likeness (QED) is 0.598. The minimum atomic E-state index is -1.27. The SMILES string of the molecule is COC(C(=O)O)C(C)C(=O)O. The van der Waals surface area contributed by atoms with Gasteiger partial charge in [-0.1, -0.05) is 0 Å². The monoisotopic (exact) mass is 162 g/mol. The van der Waals surface area contributed by atoms with Gasteiger partial charge in [-0.15, -0.1) is 0 Å². The van der Waals surface area contributed by atoms with Crippen molar-refractivity contribution in [3.63, 3.8) is 0 Å². The first kappa shape index (κ1) is 9.90. The van der Waals surface area contributed by atoms with Crippen LogP contribution in [0.3, 0.4) is 0 Å². The Morgan fingerprint density at radius 3 is 1.82 bits per heavy atom. The maximum Gasteiger partial charge on any atom is 0.333 e. The second kappa shape index (κ2) is 3.92. The van der Waals surface area contributed by atoms with E-state index in [1.165, 1.54) is 6.92 Å². The lowest BCUT2D eigenvalue weighted by atomic mass is 10.1. The third kappa shape index (κ3) is 2.55. The van der Waals surface area contributed by atoms with Gasteiger partial charge in [0.2, 0.25) is 0 Å². The van der Waals surface area contributed by atoms with Gasteiger partial charge in [0, 0.05) is 7.11 Å². The maximum atomic E-state index is 10.3. The molecule has 64 valence electrons. The predicted octanol–water partition coefficient (Wildman–Crippen LogP) is -0.193. The molecule has 0 aliphatic carbocycles. The minimum absolute atomic E-state index is 1.03. The van der Waals surface area contributed by atoms with E-state index in [0.29, 0.717) is 0 Å². The van der Waals surface area contributed by atoms with Crippen molar-refractivity contribution in [1.29, 1.82) is 0 Å². The molecule has 0 amide bonds. The maximum absolute atomic E-state index is 10.3. The Morgan fingerprint density at radius 2 is 1.73 bits per heavy atom. The summed E-state index contributed by atoms with van der Waals surface area (Å²) >= 11 is 0. The Morgan fingerprint density at radius 1 is 1.27 bits per heavy atom. The highest BCUT2D eigenvalue weighted by Crippen LogP contribution is 2.06. The fourth-order valence-electron chi connectivity index (χ4n) is 0.648. The van der Waals surface area contributed by atoms with Crippen LogP contribution >= 0.6 is 0 Å². The number of carboxylic acids is 2. The smallest absolute Gasteiger partial charge is 0.333 e. The summed E-state index contributed by atoms with van der Waals surface area (Å²) in [6.45, 7) is 1.28. The molecule has 0 aliphatic heterocycles. The first-order valence-corrected chi connectivity index (χ1v) is 2.99. The van der Waals surface area contributed by atoms with Gasteiger partial charge in [-0.05, 0) is 6.92 Å². The second-order valence-electron chi connectivity index (χ2n) is 2.12. The van der Waals surface area contributed by atoms with E-state index in [1.807, 2.05) is 0 Å². The van der Waals surface area contributed by atoms with Crippen LogP contribution in [0, 0.1) is 5.92 Å². The van der Waals surface area contributed by atoms with E-state index in [-0.39, 0.29) is 0 Å². The molecule has 0 aromatic carbocycles. The van der Waals surface area contributed by atoms with Gasteiger partial charge in [0.25, 0.3) is 0 Å². The van der Waals surface area contributed by atoms with E-state index in [2.05, 4.69) is 4.74 Å². The summed E-state index contributed by atoms with van der Waals surface area (Å²) in [4.78, 5) is 20.5. The van der Waals surface area contributed by atoms with Crippen LogP contribution in [-0.2, 0) is 14.3 Å². The highest BCUT2D eigenvalue weighted by atomic mass is 16.5. The Balaban J connectivity index is 4.25. The van der Waals surface area contributed by atoms with Crippen molar-refractivity contribution < 1.29 is 24.5 Å². The summed E-state index contributed by atoms with van der Waals surface area (Å²) in [7, 11) is 1.16. The molecule has 2 atom stereocenters. The highest BCUT2D eigenvalue weighted by molar-refractivity contribution is 5.81. The van der Waals surface area contributed by atoms with Crippen LogP contribution in [0.25, 0.3) is 0 Å². The van der Waals surface area contributed by atoms with Crippen LogP contribution in [0.2, 0.25) is 0 Å². The molecule has 2 unspecified atom stereocenters. The van der Waals surface area contributed by atoms with E-state index >= 15 is 0 Å². The lowest BCUT2D eigenvalue weighted by Gasteiger charge is -2.13. The minimum Gasteiger partial charge on any atom is -0.481 e. The van der Waals surface area contributed by atoms with Gasteiger partial charge in [-0.25, -0.2) is 4.79 Å². The van der Waals surface area contributed by atoms with Crippen LogP contribution in [0.1, 0.15) is 6.92 Å². The molecule has 0 aliphatic rings. The fourth-order valence-corrected chi connectivity index (χ4v) is 0.648. The Kier molecular flexibility index (Phi) is 3.53. The zero-order chi connectivity index (χ0) is 9.02. The highest BCUT2D eigenvalue weighted by Gasteiger charge is 2.29. The van der Waals surface area contributed by atoms with Crippen molar-refractivity contribution in [2.75, 3.05) is 7.11 Å². The number of ether oxygens (including phenoxy) is 1. The van der Waals surface area contributed by atoms with Gasteiger partial charge in [0.05, 0.1) is 5.92 Å². The number of carboxylic acid groups (broad SMARTS) is 2. The van der Waals surface area contributed by atoms with Gasteiger partial charge in [0.15, 0.2) is 6.10 Å². The number of methoxy groups -OCH3 is 1. The first-order valence-electron chi connectivity index (χ1n) is 2.99. The first-order chi connectivity index (χ1) is 5.00. The zero-order valence-corrected chi connectivity index (χ0v) is 6.27. The number of hydrogen-bond acceptors (Lipinski definition) is 3. The molecule has 2 N–H and O–H groups in total. The molecule has 11 heavy (non-hydrogen) atoms. The van der Waals surface area contributed by atoms with Crippen LogP contribution in [0.5, 0.6) is 0 Å². The number of carbonyl (C=O) groups is 2. The van der Waals surface area contributed by atoms with Crippen LogP contribution < -0.4 is 0 Å². The van der Waals surface area contributed by atoms with Crippen molar-refractivity contribution in [3.8, 4) is 0 Å². The Labute approximate surface area is 63.6 Å². The molecule has 5 heteroatoms. The van der Waals surface area contributed by atoms with E-state index in [1.54, 1.807) is 0 Å². The summed E-state index contributed by atoms with van der Waals surface area (Å²) in [6.07, 6.45) is -1.27. The summed E-state index contributed by atoms with van der Waals surface area (Å²) in [5.41, 5.74) is 0. The van der Waals surface area contributed by atoms with Crippen molar-refractivity contribution in [1.82, 2.24) is 0 Å². The Hall–Kier alpha value is -1.10. The molecule has 0 heterocycles. The molecule has 5 nitrogen and oxygen atoms in total. The Bertz CT molecular complexity index is 164. The van der Waals surface area contributed by atoms with Gasteiger partial charge in [0.1, 0.15) is 0 Å². The van der Waals surface area contributed by atoms with Crippen molar-refractivity contribution in [3.05, 3.63) is 0 Å². The fraction of sp³-hybridized carbons (Fsp3) is 0.667. The van der Waals surface area contributed by atoms with E-state index < -0.39 is 24.0 Å². The molecule has 0 fully saturated rings. The lowest BCUT2D eigenvalue weighted by Crippen LogP contribution is -2.34. The predicted molar refractivity (Wildman–Crippen MR) is 35.2 cm³/mol. The summed E-state index contributed by atoms with van der Waals surface area (Å²) in [5, 5.41) is 16.8. The molecule has 0 saturated carbocycles. The van der Waals surface area contributed by atoms with Crippen molar-refractivity contribution in [2.24, 2.45) is 5.92 Å². The molecule has 0 saturated heterocycles. The average molecular weight is 162 g/mol. The van der Waals surface area contributed by atoms with Crippen molar-refractivity contribution in [2.45, 2.75) is 13.0 Å². The third-order valence-electron chi connectivity index (χ3n) is 1.34. The van der Waals surface area contributed by atoms with E-state index in [0.717, 1.165) is 7.11 Å². The third-order valence-corrected chi connectivity index (χ3v) is 1.34. The van der Waals surface area contributed by atoms with Gasteiger partial charge in [-0.3, -0.25) is 4.79 Å². The number of aliphatic carboxylic acids is 2. The zero-order valence-electron chi connectivity index (χ0n) is 6.27. The largest absolute Gasteiger partial charge is 0.481 e. The summed E-state index contributed by atoms with van der Waals surface area (Å²) in [5.74, 6) is -3.47. The van der Waals surface area contributed by atoms with Gasteiger partial charge in [-0.2, -0.15) is 0 Å². The second-order valence-corrected chi connectivity index (χ2v) is 2.12. The van der Waals surface area contributed by atoms with E-state index in [9.17, 15) is 9.59 Å². The normalized spacial score (nSPS) is 15.5. The number of hydrogen-bond donors (Lipinski definition) is 2. The molecular weight excluding hydrogens is 152 g/mol. The lowest BCUT2D eigenvalue weighted by molar-refractivity contribution is -0.160. The standard InChI is InChI=1S/C6H10O5/c1-3(5(7)8)4(11-2)6(9)10/h3-4H,1-2H3,(H,7,8)(H,9,10).